The summed E-state index contributed by atoms with van der Waals surface area (Å²) in [6.45, 7) is 3.83. The number of allylic oxidation sites excluding steroid dienone is 1. The maximum absolute atomic E-state index is 13.8. The molecular formula is C26H25N4O4PS. The predicted octanol–water partition coefficient (Wildman–Crippen LogP) is 5.24. The van der Waals surface area contributed by atoms with E-state index < -0.39 is 13.5 Å². The summed E-state index contributed by atoms with van der Waals surface area (Å²) in [6, 6.07) is 17.2. The lowest BCUT2D eigenvalue weighted by molar-refractivity contribution is -0.131. The summed E-state index contributed by atoms with van der Waals surface area (Å²) < 4.78 is 21.0. The first-order valence-electron chi connectivity index (χ1n) is 11.3. The van der Waals surface area contributed by atoms with Crippen molar-refractivity contribution < 1.29 is 19.0 Å². The molecule has 2 aromatic heterocycles. The fourth-order valence-electron chi connectivity index (χ4n) is 4.35. The maximum atomic E-state index is 13.8. The van der Waals surface area contributed by atoms with E-state index in [4.69, 9.17) is 4.52 Å². The van der Waals surface area contributed by atoms with E-state index in [0.717, 1.165) is 33.6 Å². The summed E-state index contributed by atoms with van der Waals surface area (Å²) in [4.78, 5) is 16.5. The summed E-state index contributed by atoms with van der Waals surface area (Å²) >= 11 is 1.25. The van der Waals surface area contributed by atoms with Crippen LogP contribution in [0.1, 0.15) is 28.4 Å². The number of rotatable bonds is 7. The van der Waals surface area contributed by atoms with Crippen molar-refractivity contribution in [3.63, 3.8) is 0 Å². The zero-order valence-corrected chi connectivity index (χ0v) is 21.7. The molecule has 0 radical (unpaired) electrons. The minimum absolute atomic E-state index is 0.139. The van der Waals surface area contributed by atoms with Crippen LogP contribution < -0.4 is 10.4 Å². The van der Waals surface area contributed by atoms with E-state index in [1.54, 1.807) is 16.8 Å². The smallest absolute Gasteiger partial charge is 0.343 e. The Balaban J connectivity index is 1.39. The normalized spacial score (nSPS) is 17.4. The van der Waals surface area contributed by atoms with Crippen molar-refractivity contribution >= 4 is 36.2 Å². The van der Waals surface area contributed by atoms with E-state index in [-0.39, 0.29) is 10.2 Å². The minimum atomic E-state index is -3.52. The second kappa shape index (κ2) is 9.58. The van der Waals surface area contributed by atoms with E-state index in [9.17, 15) is 14.5 Å². The standard InChI is InChI=1S/C26H25N4O4PS/c1-16-5-10-22(17(2)13-16)35(33,34-3)29-21-14-23(36-25(21)26(31)32)19-8-6-18(7-9-19)20-15-24-27-11-4-12-30(24)28-20/h4-13,15,23H,14H2,1-3H3,(H,29,33)(H,31,32). The van der Waals surface area contributed by atoms with Gasteiger partial charge in [-0.2, -0.15) is 5.10 Å². The molecule has 2 unspecified atom stereocenters. The Morgan fingerprint density at radius 3 is 2.64 bits per heavy atom. The summed E-state index contributed by atoms with van der Waals surface area (Å²) in [6.07, 6.45) is 3.96. The van der Waals surface area contributed by atoms with Crippen molar-refractivity contribution in [2.45, 2.75) is 25.5 Å². The monoisotopic (exact) mass is 520 g/mol. The van der Waals surface area contributed by atoms with E-state index >= 15 is 0 Å². The molecule has 1 aliphatic rings. The number of fused-ring (bicyclic) bond motifs is 1. The number of carboxylic acid groups (broad SMARTS) is 1. The largest absolute Gasteiger partial charge is 0.477 e. The highest BCUT2D eigenvalue weighted by molar-refractivity contribution is 8.04. The van der Waals surface area contributed by atoms with Gasteiger partial charge in [-0.25, -0.2) is 14.3 Å². The maximum Gasteiger partial charge on any atom is 0.343 e. The molecule has 0 saturated heterocycles. The Morgan fingerprint density at radius 2 is 1.97 bits per heavy atom. The molecule has 0 bridgehead atoms. The number of aliphatic carboxylic acids is 1. The molecule has 36 heavy (non-hydrogen) atoms. The third-order valence-electron chi connectivity index (χ3n) is 6.14. The Hall–Kier alpha value is -3.39. The quantitative estimate of drug-likeness (QED) is 0.319. The average molecular weight is 521 g/mol. The first-order valence-corrected chi connectivity index (χ1v) is 13.8. The average Bonchev–Trinajstić information content (AvgIpc) is 3.48. The van der Waals surface area contributed by atoms with Crippen LogP contribution in [0, 0.1) is 13.8 Å². The lowest BCUT2D eigenvalue weighted by Gasteiger charge is -2.22. The van der Waals surface area contributed by atoms with Crippen molar-refractivity contribution in [2.24, 2.45) is 0 Å². The third kappa shape index (κ3) is 4.57. The van der Waals surface area contributed by atoms with Crippen LogP contribution in [-0.2, 0) is 13.9 Å². The molecule has 0 aliphatic carbocycles. The molecule has 2 aromatic carbocycles. The number of benzene rings is 2. The molecule has 0 spiro atoms. The van der Waals surface area contributed by atoms with Crippen LogP contribution in [0.25, 0.3) is 16.9 Å². The van der Waals surface area contributed by atoms with Gasteiger partial charge in [0.25, 0.3) is 0 Å². The first kappa shape index (κ1) is 24.3. The van der Waals surface area contributed by atoms with Gasteiger partial charge in [-0.15, -0.1) is 11.8 Å². The van der Waals surface area contributed by atoms with Gasteiger partial charge in [0.15, 0.2) is 5.65 Å². The van der Waals surface area contributed by atoms with Crippen molar-refractivity contribution in [3.8, 4) is 11.3 Å². The molecule has 0 amide bonds. The number of nitrogens with one attached hydrogen (secondary N) is 1. The lowest BCUT2D eigenvalue weighted by Crippen LogP contribution is -2.23. The molecule has 2 atom stereocenters. The highest BCUT2D eigenvalue weighted by Gasteiger charge is 2.36. The molecule has 0 saturated carbocycles. The van der Waals surface area contributed by atoms with Crippen molar-refractivity contribution in [3.05, 3.63) is 94.3 Å². The third-order valence-corrected chi connectivity index (χ3v) is 9.74. The molecule has 5 rings (SSSR count). The summed E-state index contributed by atoms with van der Waals surface area (Å²) in [5.74, 6) is -1.05. The Kier molecular flexibility index (Phi) is 6.47. The van der Waals surface area contributed by atoms with Crippen molar-refractivity contribution in [2.75, 3.05) is 7.11 Å². The Labute approximate surface area is 212 Å². The van der Waals surface area contributed by atoms with E-state index in [0.29, 0.717) is 17.4 Å². The van der Waals surface area contributed by atoms with Gasteiger partial charge in [-0.3, -0.25) is 4.57 Å². The molecule has 0 fully saturated rings. The minimum Gasteiger partial charge on any atom is -0.477 e. The molecule has 8 nitrogen and oxygen atoms in total. The van der Waals surface area contributed by atoms with Gasteiger partial charge >= 0.3 is 13.5 Å². The van der Waals surface area contributed by atoms with Gasteiger partial charge in [0.2, 0.25) is 0 Å². The van der Waals surface area contributed by atoms with Crippen LogP contribution in [0.4, 0.5) is 0 Å². The van der Waals surface area contributed by atoms with Gasteiger partial charge in [0.05, 0.1) is 11.0 Å². The fourth-order valence-corrected chi connectivity index (χ4v) is 7.40. The number of hydrogen-bond donors (Lipinski definition) is 2. The Bertz CT molecular complexity index is 1510. The zero-order valence-electron chi connectivity index (χ0n) is 20.0. The van der Waals surface area contributed by atoms with Crippen molar-refractivity contribution in [1.29, 1.82) is 0 Å². The van der Waals surface area contributed by atoms with Crippen LogP contribution in [0.3, 0.4) is 0 Å². The van der Waals surface area contributed by atoms with Crippen LogP contribution in [0.2, 0.25) is 0 Å². The first-order chi connectivity index (χ1) is 17.3. The van der Waals surface area contributed by atoms with E-state index in [1.807, 2.05) is 68.6 Å². The number of thioether (sulfide) groups is 1. The fraction of sp³-hybridized carbons (Fsp3) is 0.192. The molecule has 4 aromatic rings. The highest BCUT2D eigenvalue weighted by atomic mass is 32.2. The SMILES string of the molecule is COP(=O)(NC1=C(C(=O)O)SC(c2ccc(-c3cc4ncccn4n3)cc2)C1)c1ccc(C)cc1C. The molecule has 184 valence electrons. The molecule has 2 N–H and O–H groups in total. The second-order valence-electron chi connectivity index (χ2n) is 8.63. The van der Waals surface area contributed by atoms with Crippen LogP contribution in [0.5, 0.6) is 0 Å². The number of aryl methyl sites for hydroxylation is 2. The lowest BCUT2D eigenvalue weighted by atomic mass is 10.0. The van der Waals surface area contributed by atoms with Crippen LogP contribution in [-0.4, -0.2) is 32.8 Å². The van der Waals surface area contributed by atoms with Crippen molar-refractivity contribution in [1.82, 2.24) is 19.7 Å². The molecule has 10 heteroatoms. The topological polar surface area (TPSA) is 106 Å². The van der Waals surface area contributed by atoms with Crippen LogP contribution in [0.15, 0.2) is 77.6 Å². The Morgan fingerprint density at radius 1 is 1.19 bits per heavy atom. The summed E-state index contributed by atoms with van der Waals surface area (Å²) in [5.41, 5.74) is 5.77. The molecular weight excluding hydrogens is 495 g/mol. The number of hydrogen-bond acceptors (Lipinski definition) is 6. The number of nitrogens with zero attached hydrogens (tertiary/aromatic N) is 3. The van der Waals surface area contributed by atoms with Gasteiger partial charge in [-0.1, -0.05) is 42.0 Å². The van der Waals surface area contributed by atoms with Gasteiger partial charge < -0.3 is 14.7 Å². The molecule has 3 heterocycles. The summed E-state index contributed by atoms with van der Waals surface area (Å²) in [7, 11) is -2.14. The van der Waals surface area contributed by atoms with E-state index in [1.165, 1.54) is 18.9 Å². The molecule has 1 aliphatic heterocycles. The van der Waals surface area contributed by atoms with Gasteiger partial charge in [0.1, 0.15) is 4.91 Å². The number of carboxylic acids is 1. The highest BCUT2D eigenvalue weighted by Crippen LogP contribution is 2.51. The number of carbonyl (C=O) groups is 1. The second-order valence-corrected chi connectivity index (χ2v) is 12.0. The number of aromatic nitrogens is 3. The predicted molar refractivity (Wildman–Crippen MR) is 141 cm³/mol. The summed E-state index contributed by atoms with van der Waals surface area (Å²) in [5, 5.41) is 17.8. The van der Waals surface area contributed by atoms with Gasteiger partial charge in [-0.05, 0) is 37.1 Å². The van der Waals surface area contributed by atoms with E-state index in [2.05, 4.69) is 15.2 Å². The van der Waals surface area contributed by atoms with Crippen LogP contribution >= 0.6 is 19.3 Å². The van der Waals surface area contributed by atoms with Gasteiger partial charge in [0, 0.05) is 48.5 Å². The zero-order chi connectivity index (χ0) is 25.4.